The number of sulfone groups is 1. The number of aromatic nitrogens is 1. The number of benzene rings is 2. The van der Waals surface area contributed by atoms with Crippen molar-refractivity contribution >= 4 is 43.2 Å². The number of methoxy groups -OCH3 is 2. The lowest BCUT2D eigenvalue weighted by molar-refractivity contribution is -0.115. The number of nitrogens with zero attached hydrogens (tertiary/aromatic N) is 1. The van der Waals surface area contributed by atoms with Crippen LogP contribution in [0.4, 0.5) is 5.13 Å². The number of hydrogen-bond acceptors (Lipinski definition) is 8. The van der Waals surface area contributed by atoms with Gasteiger partial charge < -0.3 is 19.2 Å². The summed E-state index contributed by atoms with van der Waals surface area (Å²) in [5, 5.41) is 5.65. The fraction of sp³-hybridized carbons (Fsp3) is 0.182. The lowest BCUT2D eigenvalue weighted by Gasteiger charge is -2.06. The fourth-order valence-corrected chi connectivity index (χ4v) is 4.99. The SMILES string of the molecule is COc1ccc(S(=O)(=O)CCC(=O)Nc2nc(-c3cc4cc(OC)ccc4o3)cs2)cc1. The lowest BCUT2D eigenvalue weighted by atomic mass is 10.2. The summed E-state index contributed by atoms with van der Waals surface area (Å²) in [7, 11) is -0.489. The first-order valence-electron chi connectivity index (χ1n) is 9.58. The van der Waals surface area contributed by atoms with E-state index in [4.69, 9.17) is 13.9 Å². The van der Waals surface area contributed by atoms with Gasteiger partial charge in [-0.25, -0.2) is 13.4 Å². The molecule has 0 spiro atoms. The Kier molecular flexibility index (Phi) is 6.15. The van der Waals surface area contributed by atoms with Gasteiger partial charge in [-0.05, 0) is 48.5 Å². The molecule has 2 aromatic heterocycles. The molecule has 0 fully saturated rings. The van der Waals surface area contributed by atoms with Gasteiger partial charge in [0.05, 0.1) is 24.9 Å². The number of thiazole rings is 1. The van der Waals surface area contributed by atoms with E-state index in [9.17, 15) is 13.2 Å². The Hall–Kier alpha value is -3.37. The van der Waals surface area contributed by atoms with Gasteiger partial charge in [0, 0.05) is 17.2 Å². The van der Waals surface area contributed by atoms with E-state index in [2.05, 4.69) is 10.3 Å². The zero-order valence-corrected chi connectivity index (χ0v) is 19.0. The highest BCUT2D eigenvalue weighted by molar-refractivity contribution is 7.91. The van der Waals surface area contributed by atoms with Crippen molar-refractivity contribution in [3.8, 4) is 23.0 Å². The molecule has 0 saturated heterocycles. The molecule has 4 aromatic rings. The Morgan fingerprint density at radius 3 is 2.50 bits per heavy atom. The summed E-state index contributed by atoms with van der Waals surface area (Å²) in [6.45, 7) is 0. The average molecular weight is 473 g/mol. The molecule has 4 rings (SSSR count). The average Bonchev–Trinajstić information content (AvgIpc) is 3.44. The van der Waals surface area contributed by atoms with Gasteiger partial charge in [0.25, 0.3) is 0 Å². The Bertz CT molecular complexity index is 1360. The number of ether oxygens (including phenoxy) is 2. The third-order valence-corrected chi connectivity index (χ3v) is 7.23. The van der Waals surface area contributed by atoms with Crippen LogP contribution in [0, 0.1) is 0 Å². The van der Waals surface area contributed by atoms with E-state index in [1.54, 1.807) is 24.6 Å². The van der Waals surface area contributed by atoms with Crippen LogP contribution in [-0.4, -0.2) is 39.3 Å². The summed E-state index contributed by atoms with van der Waals surface area (Å²) < 4.78 is 41.0. The molecule has 10 heteroatoms. The first-order valence-corrected chi connectivity index (χ1v) is 12.1. The third-order valence-electron chi connectivity index (χ3n) is 4.74. The number of carbonyl (C=O) groups is 1. The van der Waals surface area contributed by atoms with Crippen LogP contribution in [0.15, 0.2) is 63.2 Å². The zero-order chi connectivity index (χ0) is 22.7. The minimum absolute atomic E-state index is 0.143. The van der Waals surface area contributed by atoms with E-state index >= 15 is 0 Å². The van der Waals surface area contributed by atoms with Crippen LogP contribution in [0.25, 0.3) is 22.4 Å². The number of amides is 1. The molecule has 0 radical (unpaired) electrons. The van der Waals surface area contributed by atoms with E-state index in [1.807, 2.05) is 24.3 Å². The van der Waals surface area contributed by atoms with Crippen molar-refractivity contribution in [3.05, 3.63) is 53.9 Å². The molecule has 8 nitrogen and oxygen atoms in total. The van der Waals surface area contributed by atoms with Gasteiger partial charge in [-0.15, -0.1) is 11.3 Å². The second kappa shape index (κ2) is 9.01. The Balaban J connectivity index is 1.39. The highest BCUT2D eigenvalue weighted by Gasteiger charge is 2.18. The number of carbonyl (C=O) groups excluding carboxylic acids is 1. The maximum atomic E-state index is 12.5. The van der Waals surface area contributed by atoms with Crippen molar-refractivity contribution in [2.45, 2.75) is 11.3 Å². The van der Waals surface area contributed by atoms with E-state index in [1.165, 1.54) is 30.6 Å². The number of rotatable bonds is 8. The van der Waals surface area contributed by atoms with Crippen LogP contribution in [0.3, 0.4) is 0 Å². The minimum Gasteiger partial charge on any atom is -0.497 e. The summed E-state index contributed by atoms with van der Waals surface area (Å²) in [4.78, 5) is 16.8. The van der Waals surface area contributed by atoms with Gasteiger partial charge in [0.2, 0.25) is 5.91 Å². The lowest BCUT2D eigenvalue weighted by Crippen LogP contribution is -2.17. The van der Waals surface area contributed by atoms with Gasteiger partial charge in [-0.2, -0.15) is 0 Å². The molecule has 32 heavy (non-hydrogen) atoms. The topological polar surface area (TPSA) is 108 Å². The molecule has 1 amide bonds. The van der Waals surface area contributed by atoms with E-state index in [0.717, 1.165) is 11.1 Å². The van der Waals surface area contributed by atoms with Gasteiger partial charge in [0.15, 0.2) is 20.7 Å². The van der Waals surface area contributed by atoms with Crippen molar-refractivity contribution in [2.24, 2.45) is 0 Å². The molecule has 0 unspecified atom stereocenters. The monoisotopic (exact) mass is 472 g/mol. The molecule has 1 N–H and O–H groups in total. The van der Waals surface area contributed by atoms with Crippen LogP contribution in [-0.2, 0) is 14.6 Å². The summed E-state index contributed by atoms with van der Waals surface area (Å²) in [5.74, 6) is 1.10. The molecule has 2 aromatic carbocycles. The van der Waals surface area contributed by atoms with Crippen LogP contribution in [0.2, 0.25) is 0 Å². The molecule has 0 aliphatic carbocycles. The number of hydrogen-bond donors (Lipinski definition) is 1. The normalized spacial score (nSPS) is 11.4. The predicted molar refractivity (Wildman–Crippen MR) is 122 cm³/mol. The highest BCUT2D eigenvalue weighted by atomic mass is 32.2. The summed E-state index contributed by atoms with van der Waals surface area (Å²) >= 11 is 1.23. The van der Waals surface area contributed by atoms with E-state index in [0.29, 0.717) is 27.9 Å². The molecule has 0 aliphatic heterocycles. The van der Waals surface area contributed by atoms with Gasteiger partial charge in [-0.3, -0.25) is 4.79 Å². The van der Waals surface area contributed by atoms with Crippen molar-refractivity contribution in [3.63, 3.8) is 0 Å². The number of nitrogens with one attached hydrogen (secondary N) is 1. The number of furan rings is 1. The number of anilines is 1. The maximum Gasteiger partial charge on any atom is 0.227 e. The molecule has 0 bridgehead atoms. The smallest absolute Gasteiger partial charge is 0.227 e. The van der Waals surface area contributed by atoms with Crippen LogP contribution >= 0.6 is 11.3 Å². The minimum atomic E-state index is -3.59. The van der Waals surface area contributed by atoms with Crippen LogP contribution in [0.5, 0.6) is 11.5 Å². The van der Waals surface area contributed by atoms with E-state index in [-0.39, 0.29) is 17.1 Å². The second-order valence-corrected chi connectivity index (χ2v) is 9.81. The molecule has 166 valence electrons. The Labute approximate surface area is 188 Å². The van der Waals surface area contributed by atoms with Crippen molar-refractivity contribution in [2.75, 3.05) is 25.3 Å². The Morgan fingerprint density at radius 2 is 1.78 bits per heavy atom. The van der Waals surface area contributed by atoms with E-state index < -0.39 is 15.7 Å². The van der Waals surface area contributed by atoms with Crippen molar-refractivity contribution in [1.82, 2.24) is 4.98 Å². The first kappa shape index (κ1) is 21.8. The van der Waals surface area contributed by atoms with Gasteiger partial charge in [0.1, 0.15) is 22.8 Å². The summed E-state index contributed by atoms with van der Waals surface area (Å²) in [6.07, 6.45) is -0.187. The largest absolute Gasteiger partial charge is 0.497 e. The fourth-order valence-electron chi connectivity index (χ4n) is 3.03. The molecular formula is C22H20N2O6S2. The predicted octanol–water partition coefficient (Wildman–Crippen LogP) is 4.38. The maximum absolute atomic E-state index is 12.5. The zero-order valence-electron chi connectivity index (χ0n) is 17.3. The van der Waals surface area contributed by atoms with Crippen LogP contribution < -0.4 is 14.8 Å². The highest BCUT2D eigenvalue weighted by Crippen LogP contribution is 2.32. The molecule has 2 heterocycles. The van der Waals surface area contributed by atoms with Crippen molar-refractivity contribution < 1.29 is 27.1 Å². The first-order chi connectivity index (χ1) is 15.4. The van der Waals surface area contributed by atoms with Crippen LogP contribution in [0.1, 0.15) is 6.42 Å². The van der Waals surface area contributed by atoms with Gasteiger partial charge in [-0.1, -0.05) is 0 Å². The number of fused-ring (bicyclic) bond motifs is 1. The molecule has 0 atom stereocenters. The second-order valence-electron chi connectivity index (χ2n) is 6.84. The molecule has 0 saturated carbocycles. The molecular weight excluding hydrogens is 452 g/mol. The molecule has 0 aliphatic rings. The Morgan fingerprint density at radius 1 is 1.06 bits per heavy atom. The summed E-state index contributed by atoms with van der Waals surface area (Å²) in [6, 6.07) is 13.4. The van der Waals surface area contributed by atoms with Gasteiger partial charge >= 0.3 is 0 Å². The summed E-state index contributed by atoms with van der Waals surface area (Å²) in [5.41, 5.74) is 1.27. The quantitative estimate of drug-likeness (QED) is 0.405. The standard InChI is InChI=1S/C22H20N2O6S2/c1-28-15-3-6-17(7-4-15)32(26,27)10-9-21(25)24-22-23-18(13-31-22)20-12-14-11-16(29-2)5-8-19(14)30-20/h3-8,11-13H,9-10H2,1-2H3,(H,23,24,25). The van der Waals surface area contributed by atoms with Crippen molar-refractivity contribution in [1.29, 1.82) is 0 Å². The third kappa shape index (κ3) is 4.76.